The Kier molecular flexibility index (Phi) is 3.63. The molecule has 1 rings (SSSR count). The fraction of sp³-hybridized carbons (Fsp3) is 0.200. The van der Waals surface area contributed by atoms with Gasteiger partial charge in [0.15, 0.2) is 0 Å². The van der Waals surface area contributed by atoms with Gasteiger partial charge in [-0.05, 0) is 18.2 Å². The van der Waals surface area contributed by atoms with Crippen molar-refractivity contribution in [3.8, 4) is 5.75 Å². The number of phenolic OH excluding ortho intramolecular Hbond substituents is 1. The fourth-order valence-corrected chi connectivity index (χ4v) is 1.12. The Balaban J connectivity index is 3.11. The lowest BCUT2D eigenvalue weighted by Gasteiger charge is -2.08. The number of alkyl halides is 4. The minimum absolute atomic E-state index is 0.102. The molecule has 82 valence electrons. The quantitative estimate of drug-likeness (QED) is 0.777. The Morgan fingerprint density at radius 2 is 2.00 bits per heavy atom. The first-order valence-corrected chi connectivity index (χ1v) is 4.61. The van der Waals surface area contributed by atoms with Crippen molar-refractivity contribution in [3.63, 3.8) is 0 Å². The Morgan fingerprint density at radius 3 is 2.53 bits per heavy atom. The van der Waals surface area contributed by atoms with Gasteiger partial charge in [0.25, 0.3) is 0 Å². The van der Waals surface area contributed by atoms with Gasteiger partial charge in [-0.25, -0.2) is 0 Å². The van der Waals surface area contributed by atoms with Crippen molar-refractivity contribution >= 4 is 17.7 Å². The van der Waals surface area contributed by atoms with Crippen molar-refractivity contribution in [1.29, 1.82) is 0 Å². The monoisotopic (exact) mass is 236 g/mol. The predicted octanol–water partition coefficient (Wildman–Crippen LogP) is 3.66. The maximum Gasteiger partial charge on any atom is 0.416 e. The Labute approximate surface area is 89.8 Å². The van der Waals surface area contributed by atoms with E-state index >= 15 is 0 Å². The molecule has 1 N–H and O–H groups in total. The molecule has 0 aliphatic rings. The molecule has 0 unspecified atom stereocenters. The lowest BCUT2D eigenvalue weighted by atomic mass is 10.1. The largest absolute Gasteiger partial charge is 0.507 e. The van der Waals surface area contributed by atoms with E-state index in [9.17, 15) is 18.3 Å². The summed E-state index contributed by atoms with van der Waals surface area (Å²) in [6.45, 7) is 0. The summed E-state index contributed by atoms with van der Waals surface area (Å²) in [6.07, 6.45) is -1.61. The number of aromatic hydroxyl groups is 1. The molecule has 0 aliphatic heterocycles. The number of phenols is 1. The van der Waals surface area contributed by atoms with E-state index in [-0.39, 0.29) is 17.2 Å². The molecule has 1 aromatic rings. The maximum atomic E-state index is 12.3. The summed E-state index contributed by atoms with van der Waals surface area (Å²) in [5, 5.41) is 9.27. The summed E-state index contributed by atoms with van der Waals surface area (Å²) < 4.78 is 36.9. The minimum atomic E-state index is -4.41. The van der Waals surface area contributed by atoms with Gasteiger partial charge < -0.3 is 5.11 Å². The van der Waals surface area contributed by atoms with Gasteiger partial charge in [-0.15, -0.1) is 11.6 Å². The molecule has 0 fully saturated rings. The van der Waals surface area contributed by atoms with E-state index in [0.29, 0.717) is 0 Å². The highest BCUT2D eigenvalue weighted by atomic mass is 35.5. The van der Waals surface area contributed by atoms with Crippen LogP contribution in [0.5, 0.6) is 5.75 Å². The molecule has 0 spiro atoms. The molecule has 0 radical (unpaired) electrons. The number of halogens is 4. The van der Waals surface area contributed by atoms with Gasteiger partial charge in [-0.2, -0.15) is 13.2 Å². The second-order valence-electron chi connectivity index (χ2n) is 2.83. The van der Waals surface area contributed by atoms with Crippen LogP contribution in [0.4, 0.5) is 13.2 Å². The van der Waals surface area contributed by atoms with E-state index in [2.05, 4.69) is 0 Å². The Hall–Kier alpha value is -1.16. The first kappa shape index (κ1) is 11.9. The van der Waals surface area contributed by atoms with Crippen LogP contribution in [0.15, 0.2) is 24.3 Å². The Bertz CT molecular complexity index is 371. The van der Waals surface area contributed by atoms with Crippen LogP contribution in [-0.2, 0) is 6.18 Å². The lowest BCUT2D eigenvalue weighted by Crippen LogP contribution is -2.04. The van der Waals surface area contributed by atoms with Gasteiger partial charge in [0, 0.05) is 11.4 Å². The lowest BCUT2D eigenvalue weighted by molar-refractivity contribution is -0.137. The highest BCUT2D eigenvalue weighted by Crippen LogP contribution is 2.32. The summed E-state index contributed by atoms with van der Waals surface area (Å²) in [5.41, 5.74) is -0.694. The van der Waals surface area contributed by atoms with Crippen LogP contribution in [0.25, 0.3) is 6.08 Å². The number of rotatable bonds is 2. The van der Waals surface area contributed by atoms with Crippen LogP contribution < -0.4 is 0 Å². The molecule has 1 nitrogen and oxygen atoms in total. The van der Waals surface area contributed by atoms with Crippen molar-refractivity contribution in [2.24, 2.45) is 0 Å². The first-order valence-electron chi connectivity index (χ1n) is 4.08. The molecule has 5 heteroatoms. The smallest absolute Gasteiger partial charge is 0.416 e. The molecule has 1 aromatic carbocycles. The van der Waals surface area contributed by atoms with Crippen molar-refractivity contribution < 1.29 is 18.3 Å². The molecule has 0 atom stereocenters. The normalized spacial score (nSPS) is 12.3. The zero-order valence-electron chi connectivity index (χ0n) is 7.55. The molecule has 0 saturated heterocycles. The van der Waals surface area contributed by atoms with E-state index in [1.54, 1.807) is 0 Å². The highest BCUT2D eigenvalue weighted by Gasteiger charge is 2.30. The number of hydrogen-bond donors (Lipinski definition) is 1. The van der Waals surface area contributed by atoms with E-state index in [4.69, 9.17) is 11.6 Å². The molecule has 0 bridgehead atoms. The molecule has 0 aliphatic carbocycles. The molecular weight excluding hydrogens is 229 g/mol. The van der Waals surface area contributed by atoms with Gasteiger partial charge in [0.05, 0.1) is 5.56 Å². The van der Waals surface area contributed by atoms with Gasteiger partial charge in [-0.1, -0.05) is 12.2 Å². The van der Waals surface area contributed by atoms with Crippen LogP contribution in [0.3, 0.4) is 0 Å². The second-order valence-corrected chi connectivity index (χ2v) is 3.14. The second kappa shape index (κ2) is 4.57. The summed E-state index contributed by atoms with van der Waals surface area (Å²) in [4.78, 5) is 0. The van der Waals surface area contributed by atoms with E-state index in [1.807, 2.05) is 0 Å². The molecular formula is C10H8ClF3O. The van der Waals surface area contributed by atoms with E-state index < -0.39 is 11.7 Å². The van der Waals surface area contributed by atoms with Crippen LogP contribution >= 0.6 is 11.6 Å². The maximum absolute atomic E-state index is 12.3. The zero-order valence-corrected chi connectivity index (χ0v) is 8.31. The van der Waals surface area contributed by atoms with Crippen LogP contribution in [0, 0.1) is 0 Å². The van der Waals surface area contributed by atoms with Crippen LogP contribution in [0.2, 0.25) is 0 Å². The predicted molar refractivity (Wildman–Crippen MR) is 52.9 cm³/mol. The van der Waals surface area contributed by atoms with Gasteiger partial charge in [0.1, 0.15) is 5.75 Å². The summed E-state index contributed by atoms with van der Waals surface area (Å²) in [5.74, 6) is -0.0280. The van der Waals surface area contributed by atoms with E-state index in [0.717, 1.165) is 18.2 Å². The van der Waals surface area contributed by atoms with Crippen molar-refractivity contribution in [2.75, 3.05) is 5.88 Å². The number of benzene rings is 1. The topological polar surface area (TPSA) is 20.2 Å². The third-order valence-corrected chi connectivity index (χ3v) is 1.92. The standard InChI is InChI=1S/C10H8ClF3O/c11-5-1-2-7-6-8(10(12,13)14)3-4-9(7)15/h1-4,6,15H,5H2. The summed E-state index contributed by atoms with van der Waals surface area (Å²) in [7, 11) is 0. The van der Waals surface area contributed by atoms with Crippen LogP contribution in [-0.4, -0.2) is 11.0 Å². The minimum Gasteiger partial charge on any atom is -0.507 e. The number of hydrogen-bond acceptors (Lipinski definition) is 1. The molecule has 0 saturated carbocycles. The average molecular weight is 237 g/mol. The molecule has 0 heterocycles. The third-order valence-electron chi connectivity index (χ3n) is 1.74. The van der Waals surface area contributed by atoms with Gasteiger partial charge in [-0.3, -0.25) is 0 Å². The van der Waals surface area contributed by atoms with Crippen molar-refractivity contribution in [1.82, 2.24) is 0 Å². The number of allylic oxidation sites excluding steroid dienone is 1. The zero-order chi connectivity index (χ0) is 11.5. The van der Waals surface area contributed by atoms with Gasteiger partial charge in [0.2, 0.25) is 0 Å². The van der Waals surface area contributed by atoms with Crippen molar-refractivity contribution in [2.45, 2.75) is 6.18 Å². The molecule has 0 aromatic heterocycles. The summed E-state index contributed by atoms with van der Waals surface area (Å²) >= 11 is 5.34. The fourth-order valence-electron chi connectivity index (χ4n) is 1.04. The van der Waals surface area contributed by atoms with Crippen molar-refractivity contribution in [3.05, 3.63) is 35.4 Å². The third kappa shape index (κ3) is 3.16. The summed E-state index contributed by atoms with van der Waals surface area (Å²) in [6, 6.07) is 2.71. The van der Waals surface area contributed by atoms with Crippen LogP contribution in [0.1, 0.15) is 11.1 Å². The first-order chi connectivity index (χ1) is 6.95. The SMILES string of the molecule is Oc1ccc(C(F)(F)F)cc1C=CCCl. The highest BCUT2D eigenvalue weighted by molar-refractivity contribution is 6.19. The Morgan fingerprint density at radius 1 is 1.33 bits per heavy atom. The molecule has 0 amide bonds. The van der Waals surface area contributed by atoms with E-state index in [1.165, 1.54) is 12.2 Å². The average Bonchev–Trinajstić information content (AvgIpc) is 2.15. The van der Waals surface area contributed by atoms with Gasteiger partial charge >= 0.3 is 6.18 Å². The molecule has 15 heavy (non-hydrogen) atoms.